The molecule has 0 saturated carbocycles. The Bertz CT molecular complexity index is 226. The van der Waals surface area contributed by atoms with E-state index in [1.165, 1.54) is 5.57 Å². The summed E-state index contributed by atoms with van der Waals surface area (Å²) >= 11 is 0. The van der Waals surface area contributed by atoms with Crippen LogP contribution >= 0.6 is 0 Å². The summed E-state index contributed by atoms with van der Waals surface area (Å²) in [5.41, 5.74) is 1.47. The van der Waals surface area contributed by atoms with Crippen LogP contribution in [0.25, 0.3) is 0 Å². The van der Waals surface area contributed by atoms with Crippen molar-refractivity contribution in [1.82, 2.24) is 0 Å². The zero-order chi connectivity index (χ0) is 8.97. The maximum absolute atomic E-state index is 10.0. The van der Waals surface area contributed by atoms with Gasteiger partial charge in [0.15, 0.2) is 0 Å². The Kier molecular flexibility index (Phi) is 3.24. The van der Waals surface area contributed by atoms with E-state index in [1.54, 1.807) is 6.08 Å². The molecule has 1 rings (SSSR count). The molecule has 1 aliphatic rings. The maximum Gasteiger partial charge on any atom is 0.235 e. The van der Waals surface area contributed by atoms with Crippen LogP contribution in [0.1, 0.15) is 33.1 Å². The molecule has 0 aromatic carbocycles. The minimum Gasteiger partial charge on any atom is -0.211 e. The fourth-order valence-corrected chi connectivity index (χ4v) is 1.61. The fraction of sp³-hybridized carbons (Fsp3) is 0.700. The Labute approximate surface area is 73.4 Å². The topological polar surface area (TPSA) is 29.4 Å². The van der Waals surface area contributed by atoms with Crippen molar-refractivity contribution in [2.45, 2.75) is 39.2 Å². The molecular weight excluding hydrogens is 150 g/mol. The van der Waals surface area contributed by atoms with Crippen LogP contribution in [0.4, 0.5) is 0 Å². The molecule has 0 aliphatic heterocycles. The van der Waals surface area contributed by atoms with E-state index >= 15 is 0 Å². The van der Waals surface area contributed by atoms with Crippen LogP contribution < -0.4 is 0 Å². The van der Waals surface area contributed by atoms with E-state index in [0.29, 0.717) is 5.92 Å². The smallest absolute Gasteiger partial charge is 0.211 e. The van der Waals surface area contributed by atoms with E-state index in [0.717, 1.165) is 19.3 Å². The van der Waals surface area contributed by atoms with Crippen LogP contribution in [-0.4, -0.2) is 12.1 Å². The molecule has 0 N–H and O–H groups in total. The molecule has 1 unspecified atom stereocenters. The largest absolute Gasteiger partial charge is 0.235 e. The Morgan fingerprint density at radius 3 is 3.00 bits per heavy atom. The average molecular weight is 165 g/mol. The number of rotatable bonds is 2. The third-order valence-electron chi connectivity index (χ3n) is 2.62. The van der Waals surface area contributed by atoms with Gasteiger partial charge >= 0.3 is 0 Å². The van der Waals surface area contributed by atoms with E-state index in [-0.39, 0.29) is 6.04 Å². The number of carbonyl (C=O) groups excluding carboxylic acids is 1. The number of isocyanates is 1. The summed E-state index contributed by atoms with van der Waals surface area (Å²) in [6.07, 6.45) is 7.27. The number of nitrogens with zero attached hydrogens (tertiary/aromatic N) is 1. The van der Waals surface area contributed by atoms with Gasteiger partial charge in [-0.2, -0.15) is 0 Å². The van der Waals surface area contributed by atoms with Crippen LogP contribution in [0.2, 0.25) is 0 Å². The van der Waals surface area contributed by atoms with Crippen molar-refractivity contribution in [1.29, 1.82) is 0 Å². The second-order valence-corrected chi connectivity index (χ2v) is 3.55. The van der Waals surface area contributed by atoms with Crippen LogP contribution in [0, 0.1) is 5.92 Å². The highest BCUT2D eigenvalue weighted by atomic mass is 16.1. The molecule has 0 aromatic heterocycles. The minimum absolute atomic E-state index is 0.145. The van der Waals surface area contributed by atoms with E-state index in [9.17, 15) is 4.79 Å². The highest BCUT2D eigenvalue weighted by Crippen LogP contribution is 2.26. The molecule has 1 aliphatic carbocycles. The first kappa shape index (κ1) is 9.21. The Morgan fingerprint density at radius 2 is 2.50 bits per heavy atom. The Balaban J connectivity index is 2.50. The first-order valence-corrected chi connectivity index (χ1v) is 4.46. The van der Waals surface area contributed by atoms with Gasteiger partial charge in [-0.05, 0) is 39.0 Å². The fourth-order valence-electron chi connectivity index (χ4n) is 1.61. The van der Waals surface area contributed by atoms with E-state index in [2.05, 4.69) is 18.0 Å². The van der Waals surface area contributed by atoms with Gasteiger partial charge in [0.05, 0.1) is 6.04 Å². The summed E-state index contributed by atoms with van der Waals surface area (Å²) in [6.45, 7) is 4.15. The van der Waals surface area contributed by atoms with Gasteiger partial charge in [0.25, 0.3) is 0 Å². The van der Waals surface area contributed by atoms with Gasteiger partial charge in [-0.15, -0.1) is 0 Å². The number of hydrogen-bond acceptors (Lipinski definition) is 2. The summed E-state index contributed by atoms with van der Waals surface area (Å²) in [4.78, 5) is 13.8. The van der Waals surface area contributed by atoms with E-state index in [1.807, 2.05) is 6.92 Å². The van der Waals surface area contributed by atoms with Crippen molar-refractivity contribution in [2.24, 2.45) is 10.9 Å². The van der Waals surface area contributed by atoms with Crippen LogP contribution in [0.3, 0.4) is 0 Å². The lowest BCUT2D eigenvalue weighted by atomic mass is 9.86. The molecule has 0 amide bonds. The molecule has 0 radical (unpaired) electrons. The monoisotopic (exact) mass is 165 g/mol. The first-order chi connectivity index (χ1) is 5.74. The predicted octanol–water partition coefficient (Wildman–Crippen LogP) is 2.46. The molecule has 0 aromatic rings. The van der Waals surface area contributed by atoms with Gasteiger partial charge < -0.3 is 0 Å². The van der Waals surface area contributed by atoms with Crippen LogP contribution in [0.5, 0.6) is 0 Å². The third-order valence-corrected chi connectivity index (χ3v) is 2.62. The summed E-state index contributed by atoms with van der Waals surface area (Å²) in [5, 5.41) is 0. The lowest BCUT2D eigenvalue weighted by molar-refractivity contribution is 0.402. The van der Waals surface area contributed by atoms with Gasteiger partial charge in [0.1, 0.15) is 0 Å². The third kappa shape index (κ3) is 2.31. The maximum atomic E-state index is 10.0. The van der Waals surface area contributed by atoms with Crippen molar-refractivity contribution in [3.05, 3.63) is 11.6 Å². The normalized spacial score (nSPS) is 25.5. The molecule has 66 valence electrons. The van der Waals surface area contributed by atoms with Gasteiger partial charge in [-0.25, -0.2) is 9.79 Å². The zero-order valence-electron chi connectivity index (χ0n) is 7.71. The summed E-state index contributed by atoms with van der Waals surface area (Å²) < 4.78 is 0. The van der Waals surface area contributed by atoms with Crippen molar-refractivity contribution in [2.75, 3.05) is 0 Å². The molecule has 0 bridgehead atoms. The van der Waals surface area contributed by atoms with Gasteiger partial charge in [-0.1, -0.05) is 11.6 Å². The summed E-state index contributed by atoms with van der Waals surface area (Å²) in [5.74, 6) is 0.551. The molecule has 2 heteroatoms. The van der Waals surface area contributed by atoms with Crippen LogP contribution in [0.15, 0.2) is 16.6 Å². The van der Waals surface area contributed by atoms with Gasteiger partial charge in [-0.3, -0.25) is 0 Å². The van der Waals surface area contributed by atoms with Crippen molar-refractivity contribution in [3.63, 3.8) is 0 Å². The molecule has 0 spiro atoms. The molecule has 0 fully saturated rings. The molecule has 0 heterocycles. The minimum atomic E-state index is 0.145. The lowest BCUT2D eigenvalue weighted by Gasteiger charge is -2.22. The number of hydrogen-bond donors (Lipinski definition) is 0. The SMILES string of the molecule is CC1=CC[C@H](C(C)N=C=O)CC1. The molecule has 2 atom stereocenters. The van der Waals surface area contributed by atoms with Gasteiger partial charge in [0.2, 0.25) is 6.08 Å². The number of allylic oxidation sites excluding steroid dienone is 2. The summed E-state index contributed by atoms with van der Waals surface area (Å²) in [7, 11) is 0. The lowest BCUT2D eigenvalue weighted by Crippen LogP contribution is -2.17. The number of aliphatic imine (C=N–C) groups is 1. The van der Waals surface area contributed by atoms with E-state index < -0.39 is 0 Å². The molecule has 0 saturated heterocycles. The van der Waals surface area contributed by atoms with Crippen molar-refractivity contribution in [3.8, 4) is 0 Å². The highest BCUT2D eigenvalue weighted by molar-refractivity contribution is 5.33. The van der Waals surface area contributed by atoms with Crippen LogP contribution in [-0.2, 0) is 4.79 Å². The molecule has 12 heavy (non-hydrogen) atoms. The highest BCUT2D eigenvalue weighted by Gasteiger charge is 2.18. The van der Waals surface area contributed by atoms with E-state index in [4.69, 9.17) is 0 Å². The van der Waals surface area contributed by atoms with Gasteiger partial charge in [0, 0.05) is 0 Å². The Morgan fingerprint density at radius 1 is 1.75 bits per heavy atom. The van der Waals surface area contributed by atoms with Crippen molar-refractivity contribution >= 4 is 6.08 Å². The summed E-state index contributed by atoms with van der Waals surface area (Å²) in [6, 6.07) is 0.145. The standard InChI is InChI=1S/C10H15NO/c1-8-3-5-10(6-4-8)9(2)11-7-12/h3,9-10H,4-6H2,1-2H3/t9?,10-/m0/s1. The second kappa shape index (κ2) is 4.22. The zero-order valence-corrected chi connectivity index (χ0v) is 7.71. The quantitative estimate of drug-likeness (QED) is 0.351. The average Bonchev–Trinajstić information content (AvgIpc) is 2.06. The van der Waals surface area contributed by atoms with Crippen molar-refractivity contribution < 1.29 is 4.79 Å². The molecule has 2 nitrogen and oxygen atoms in total. The molecular formula is C10H15NO. The Hall–Kier alpha value is -0.880. The first-order valence-electron chi connectivity index (χ1n) is 4.46. The predicted molar refractivity (Wildman–Crippen MR) is 48.7 cm³/mol. The second-order valence-electron chi connectivity index (χ2n) is 3.55.